The first kappa shape index (κ1) is 18.6. The van der Waals surface area contributed by atoms with Crippen LogP contribution in [-0.2, 0) is 16.1 Å². The van der Waals surface area contributed by atoms with Crippen LogP contribution >= 0.6 is 11.7 Å². The topological polar surface area (TPSA) is 67.8 Å². The van der Waals surface area contributed by atoms with Gasteiger partial charge < -0.3 is 14.4 Å². The molecule has 1 saturated heterocycles. The van der Waals surface area contributed by atoms with Gasteiger partial charge >= 0.3 is 5.97 Å². The Labute approximate surface area is 157 Å². The molecule has 0 spiro atoms. The first-order chi connectivity index (χ1) is 12.7. The minimum atomic E-state index is -0.651. The SMILES string of the molecule is CCC(Oc1nsnc1N1CCN(Cc2ccccc2)CC1)C(=O)OC. The standard InChI is InChI=1S/C18H24N4O3S/c1-3-15(18(23)24-2)25-17-16(19-26-20-17)22-11-9-21(10-12-22)13-14-7-5-4-6-8-14/h4-8,15H,3,9-13H2,1-2H3. The summed E-state index contributed by atoms with van der Waals surface area (Å²) in [5.41, 5.74) is 1.32. The van der Waals surface area contributed by atoms with Gasteiger partial charge in [-0.15, -0.1) is 4.37 Å². The first-order valence-corrected chi connectivity index (χ1v) is 9.52. The van der Waals surface area contributed by atoms with Crippen LogP contribution in [-0.4, -0.2) is 59.0 Å². The molecule has 0 aliphatic carbocycles. The van der Waals surface area contributed by atoms with Crippen LogP contribution in [0, 0.1) is 0 Å². The number of methoxy groups -OCH3 is 1. The minimum Gasteiger partial charge on any atom is -0.466 e. The van der Waals surface area contributed by atoms with E-state index < -0.39 is 6.10 Å². The van der Waals surface area contributed by atoms with E-state index in [0.717, 1.165) is 50.3 Å². The lowest BCUT2D eigenvalue weighted by molar-refractivity contribution is -0.149. The van der Waals surface area contributed by atoms with Crippen LogP contribution in [0.15, 0.2) is 30.3 Å². The van der Waals surface area contributed by atoms with Gasteiger partial charge in [0.15, 0.2) is 6.10 Å². The molecule has 1 fully saturated rings. The highest BCUT2D eigenvalue weighted by molar-refractivity contribution is 6.99. The molecular weight excluding hydrogens is 352 g/mol. The summed E-state index contributed by atoms with van der Waals surface area (Å²) in [6, 6.07) is 10.5. The van der Waals surface area contributed by atoms with Gasteiger partial charge in [-0.2, -0.15) is 4.37 Å². The van der Waals surface area contributed by atoms with E-state index in [-0.39, 0.29) is 5.97 Å². The number of hydrogen-bond acceptors (Lipinski definition) is 8. The second kappa shape index (κ2) is 8.95. The number of nitrogens with zero attached hydrogens (tertiary/aromatic N) is 4. The molecule has 8 heteroatoms. The number of carbonyl (C=O) groups is 1. The van der Waals surface area contributed by atoms with Gasteiger partial charge in [-0.05, 0) is 12.0 Å². The molecule has 0 amide bonds. The fourth-order valence-corrected chi connectivity index (χ4v) is 3.48. The summed E-state index contributed by atoms with van der Waals surface area (Å²) in [7, 11) is 1.36. The summed E-state index contributed by atoms with van der Waals surface area (Å²) in [5.74, 6) is 0.750. The summed E-state index contributed by atoms with van der Waals surface area (Å²) >= 11 is 1.10. The Bertz CT molecular complexity index is 701. The van der Waals surface area contributed by atoms with Crippen LogP contribution in [0.5, 0.6) is 5.88 Å². The average molecular weight is 376 g/mol. The molecule has 1 atom stereocenters. The maximum Gasteiger partial charge on any atom is 0.347 e. The summed E-state index contributed by atoms with van der Waals surface area (Å²) in [6.45, 7) is 6.42. The largest absolute Gasteiger partial charge is 0.466 e. The van der Waals surface area contributed by atoms with Crippen molar-refractivity contribution >= 4 is 23.5 Å². The zero-order chi connectivity index (χ0) is 18.4. The fraction of sp³-hybridized carbons (Fsp3) is 0.500. The molecule has 3 rings (SSSR count). The molecule has 1 unspecified atom stereocenters. The second-order valence-corrected chi connectivity index (χ2v) is 6.71. The van der Waals surface area contributed by atoms with Crippen molar-refractivity contribution in [3.05, 3.63) is 35.9 Å². The number of carbonyl (C=O) groups excluding carboxylic acids is 1. The Balaban J connectivity index is 1.58. The highest BCUT2D eigenvalue weighted by atomic mass is 32.1. The van der Waals surface area contributed by atoms with Crippen LogP contribution in [0.25, 0.3) is 0 Å². The van der Waals surface area contributed by atoms with Crippen molar-refractivity contribution in [3.8, 4) is 5.88 Å². The molecule has 1 aliphatic rings. The van der Waals surface area contributed by atoms with Gasteiger partial charge in [-0.1, -0.05) is 37.3 Å². The molecule has 26 heavy (non-hydrogen) atoms. The monoisotopic (exact) mass is 376 g/mol. The van der Waals surface area contributed by atoms with Crippen molar-refractivity contribution in [2.24, 2.45) is 0 Å². The summed E-state index contributed by atoms with van der Waals surface area (Å²) in [6.07, 6.45) is -0.129. The summed E-state index contributed by atoms with van der Waals surface area (Å²) in [5, 5.41) is 0. The summed E-state index contributed by atoms with van der Waals surface area (Å²) in [4.78, 5) is 16.4. The van der Waals surface area contributed by atoms with Gasteiger partial charge in [0.1, 0.15) is 0 Å². The number of benzene rings is 1. The van der Waals surface area contributed by atoms with Gasteiger partial charge in [0.2, 0.25) is 5.82 Å². The smallest absolute Gasteiger partial charge is 0.347 e. The maximum atomic E-state index is 11.8. The van der Waals surface area contributed by atoms with Crippen molar-refractivity contribution in [2.75, 3.05) is 38.2 Å². The van der Waals surface area contributed by atoms with E-state index in [4.69, 9.17) is 9.47 Å². The van der Waals surface area contributed by atoms with E-state index in [0.29, 0.717) is 12.3 Å². The molecule has 2 aromatic rings. The minimum absolute atomic E-state index is 0.390. The zero-order valence-electron chi connectivity index (χ0n) is 15.1. The maximum absolute atomic E-state index is 11.8. The molecular formula is C18H24N4O3S. The van der Waals surface area contributed by atoms with Crippen LogP contribution in [0.4, 0.5) is 5.82 Å². The number of aromatic nitrogens is 2. The first-order valence-electron chi connectivity index (χ1n) is 8.79. The Hall–Kier alpha value is -2.19. The Morgan fingerprint density at radius 2 is 1.92 bits per heavy atom. The lowest BCUT2D eigenvalue weighted by Gasteiger charge is -2.35. The quantitative estimate of drug-likeness (QED) is 0.686. The predicted octanol–water partition coefficient (Wildman–Crippen LogP) is 2.19. The fourth-order valence-electron chi connectivity index (χ4n) is 2.97. The number of hydrogen-bond donors (Lipinski definition) is 0. The molecule has 1 aromatic carbocycles. The highest BCUT2D eigenvalue weighted by Gasteiger charge is 2.26. The molecule has 2 heterocycles. The van der Waals surface area contributed by atoms with Crippen molar-refractivity contribution < 1.29 is 14.3 Å². The van der Waals surface area contributed by atoms with Crippen molar-refractivity contribution in [1.29, 1.82) is 0 Å². The van der Waals surface area contributed by atoms with E-state index in [1.807, 2.05) is 13.0 Å². The van der Waals surface area contributed by atoms with E-state index in [1.54, 1.807) is 0 Å². The third-order valence-corrected chi connectivity index (χ3v) is 4.95. The number of ether oxygens (including phenoxy) is 2. The van der Waals surface area contributed by atoms with Crippen LogP contribution < -0.4 is 9.64 Å². The molecule has 140 valence electrons. The third kappa shape index (κ3) is 4.50. The second-order valence-electron chi connectivity index (χ2n) is 6.18. The van der Waals surface area contributed by atoms with E-state index in [2.05, 4.69) is 42.8 Å². The van der Waals surface area contributed by atoms with Crippen LogP contribution in [0.3, 0.4) is 0 Å². The van der Waals surface area contributed by atoms with Gasteiger partial charge in [-0.3, -0.25) is 4.90 Å². The van der Waals surface area contributed by atoms with E-state index >= 15 is 0 Å². The summed E-state index contributed by atoms with van der Waals surface area (Å²) < 4.78 is 19.2. The van der Waals surface area contributed by atoms with Crippen molar-refractivity contribution in [1.82, 2.24) is 13.6 Å². The normalized spacial score (nSPS) is 16.3. The number of esters is 1. The number of piperazine rings is 1. The Morgan fingerprint density at radius 3 is 2.58 bits per heavy atom. The Morgan fingerprint density at radius 1 is 1.19 bits per heavy atom. The Kier molecular flexibility index (Phi) is 6.40. The lowest BCUT2D eigenvalue weighted by atomic mass is 10.2. The molecule has 0 saturated carbocycles. The third-order valence-electron chi connectivity index (χ3n) is 4.45. The highest BCUT2D eigenvalue weighted by Crippen LogP contribution is 2.28. The van der Waals surface area contributed by atoms with E-state index in [9.17, 15) is 4.79 Å². The molecule has 1 aliphatic heterocycles. The zero-order valence-corrected chi connectivity index (χ0v) is 15.9. The molecule has 0 N–H and O–H groups in total. The van der Waals surface area contributed by atoms with Gasteiger partial charge in [0, 0.05) is 32.7 Å². The van der Waals surface area contributed by atoms with E-state index in [1.165, 1.54) is 12.7 Å². The van der Waals surface area contributed by atoms with Crippen molar-refractivity contribution in [3.63, 3.8) is 0 Å². The predicted molar refractivity (Wildman–Crippen MR) is 101 cm³/mol. The number of rotatable bonds is 7. The molecule has 1 aromatic heterocycles. The average Bonchev–Trinajstić information content (AvgIpc) is 3.15. The van der Waals surface area contributed by atoms with Crippen LogP contribution in [0.1, 0.15) is 18.9 Å². The van der Waals surface area contributed by atoms with Crippen LogP contribution in [0.2, 0.25) is 0 Å². The molecule has 7 nitrogen and oxygen atoms in total. The molecule has 0 radical (unpaired) electrons. The number of anilines is 1. The van der Waals surface area contributed by atoms with Crippen molar-refractivity contribution in [2.45, 2.75) is 26.0 Å². The van der Waals surface area contributed by atoms with Gasteiger partial charge in [0.05, 0.1) is 18.8 Å². The molecule has 0 bridgehead atoms. The van der Waals surface area contributed by atoms with Gasteiger partial charge in [-0.25, -0.2) is 4.79 Å². The lowest BCUT2D eigenvalue weighted by Crippen LogP contribution is -2.46. The van der Waals surface area contributed by atoms with Gasteiger partial charge in [0.25, 0.3) is 5.88 Å².